The molecule has 96 valence electrons. The SMILES string of the molecule is Cc1nc(C(=O)C(=O)c2ccc3c(c2)OCO3)cs1. The minimum absolute atomic E-state index is 0.131. The molecule has 2 aromatic rings. The van der Waals surface area contributed by atoms with Gasteiger partial charge in [-0.1, -0.05) is 0 Å². The first kappa shape index (κ1) is 11.9. The van der Waals surface area contributed by atoms with E-state index in [-0.39, 0.29) is 18.1 Å². The molecule has 0 N–H and O–H groups in total. The van der Waals surface area contributed by atoms with Gasteiger partial charge in [-0.05, 0) is 25.1 Å². The van der Waals surface area contributed by atoms with E-state index in [1.165, 1.54) is 17.4 Å². The molecule has 6 heteroatoms. The lowest BCUT2D eigenvalue weighted by molar-refractivity contribution is 0.0814. The Balaban J connectivity index is 1.90. The van der Waals surface area contributed by atoms with Crippen LogP contribution < -0.4 is 9.47 Å². The van der Waals surface area contributed by atoms with Crippen LogP contribution in [0.25, 0.3) is 0 Å². The van der Waals surface area contributed by atoms with Gasteiger partial charge in [0.1, 0.15) is 5.69 Å². The monoisotopic (exact) mass is 275 g/mol. The van der Waals surface area contributed by atoms with Gasteiger partial charge < -0.3 is 9.47 Å². The van der Waals surface area contributed by atoms with E-state index >= 15 is 0 Å². The zero-order valence-electron chi connectivity index (χ0n) is 10.0. The molecule has 1 aromatic carbocycles. The third-order valence-corrected chi connectivity index (χ3v) is 3.47. The predicted octanol–water partition coefficient (Wildman–Crippen LogP) is 2.25. The van der Waals surface area contributed by atoms with Crippen LogP contribution in [0.2, 0.25) is 0 Å². The molecule has 3 rings (SSSR count). The maximum absolute atomic E-state index is 12.1. The van der Waals surface area contributed by atoms with Crippen molar-refractivity contribution in [3.05, 3.63) is 39.8 Å². The quantitative estimate of drug-likeness (QED) is 0.635. The average molecular weight is 275 g/mol. The minimum Gasteiger partial charge on any atom is -0.454 e. The number of carbonyl (C=O) groups is 2. The number of carbonyl (C=O) groups excluding carboxylic acids is 2. The van der Waals surface area contributed by atoms with Crippen molar-refractivity contribution in [2.45, 2.75) is 6.92 Å². The van der Waals surface area contributed by atoms with Crippen LogP contribution in [-0.4, -0.2) is 23.3 Å². The second kappa shape index (κ2) is 4.47. The highest BCUT2D eigenvalue weighted by atomic mass is 32.1. The standard InChI is InChI=1S/C13H9NO4S/c1-7-14-9(5-19-7)13(16)12(15)8-2-3-10-11(4-8)18-6-17-10/h2-5H,6H2,1H3. The summed E-state index contributed by atoms with van der Waals surface area (Å²) in [6.45, 7) is 1.92. The van der Waals surface area contributed by atoms with Gasteiger partial charge >= 0.3 is 0 Å². The molecule has 0 atom stereocenters. The number of hydrogen-bond acceptors (Lipinski definition) is 6. The number of fused-ring (bicyclic) bond motifs is 1. The lowest BCUT2D eigenvalue weighted by Crippen LogP contribution is -2.14. The molecule has 0 radical (unpaired) electrons. The summed E-state index contributed by atoms with van der Waals surface area (Å²) in [6.07, 6.45) is 0. The molecule has 2 heterocycles. The smallest absolute Gasteiger partial charge is 0.252 e. The Morgan fingerprint density at radius 1 is 1.21 bits per heavy atom. The molecule has 1 aromatic heterocycles. The highest BCUT2D eigenvalue weighted by Crippen LogP contribution is 2.32. The second-order valence-corrected chi connectivity index (χ2v) is 5.04. The van der Waals surface area contributed by atoms with Gasteiger partial charge in [0.2, 0.25) is 12.6 Å². The van der Waals surface area contributed by atoms with E-state index in [0.717, 1.165) is 5.01 Å². The summed E-state index contributed by atoms with van der Waals surface area (Å²) < 4.78 is 10.3. The number of benzene rings is 1. The molecule has 1 aliphatic rings. The molecule has 0 amide bonds. The zero-order chi connectivity index (χ0) is 13.4. The fraction of sp³-hybridized carbons (Fsp3) is 0.154. The van der Waals surface area contributed by atoms with Crippen molar-refractivity contribution in [1.29, 1.82) is 0 Å². The van der Waals surface area contributed by atoms with Crippen LogP contribution in [0.4, 0.5) is 0 Å². The normalized spacial score (nSPS) is 12.5. The second-order valence-electron chi connectivity index (χ2n) is 3.98. The number of thiazole rings is 1. The van der Waals surface area contributed by atoms with Gasteiger partial charge in [0.15, 0.2) is 11.5 Å². The minimum atomic E-state index is -0.608. The van der Waals surface area contributed by atoms with Gasteiger partial charge in [0.05, 0.1) is 5.01 Å². The molecule has 0 bridgehead atoms. The number of nitrogens with zero attached hydrogens (tertiary/aromatic N) is 1. The van der Waals surface area contributed by atoms with E-state index in [4.69, 9.17) is 9.47 Å². The van der Waals surface area contributed by atoms with E-state index < -0.39 is 11.6 Å². The number of ether oxygens (including phenoxy) is 2. The molecule has 0 fully saturated rings. The predicted molar refractivity (Wildman–Crippen MR) is 68.1 cm³/mol. The lowest BCUT2D eigenvalue weighted by atomic mass is 10.1. The van der Waals surface area contributed by atoms with Gasteiger partial charge in [-0.25, -0.2) is 4.98 Å². The molecule has 0 saturated carbocycles. The largest absolute Gasteiger partial charge is 0.454 e. The zero-order valence-corrected chi connectivity index (χ0v) is 10.8. The molecule has 19 heavy (non-hydrogen) atoms. The highest BCUT2D eigenvalue weighted by molar-refractivity contribution is 7.09. The van der Waals surface area contributed by atoms with Crippen molar-refractivity contribution < 1.29 is 19.1 Å². The number of ketones is 2. The Morgan fingerprint density at radius 3 is 2.74 bits per heavy atom. The van der Waals surface area contributed by atoms with Crippen LogP contribution in [-0.2, 0) is 0 Å². The first-order valence-electron chi connectivity index (χ1n) is 5.56. The lowest BCUT2D eigenvalue weighted by Gasteiger charge is -2.00. The van der Waals surface area contributed by atoms with Crippen LogP contribution in [0.15, 0.2) is 23.6 Å². The molecule has 1 aliphatic heterocycles. The summed E-state index contributed by atoms with van der Waals surface area (Å²) in [5.74, 6) is -0.145. The Bertz CT molecular complexity index is 677. The molecule has 0 spiro atoms. The molecular weight excluding hydrogens is 266 g/mol. The van der Waals surface area contributed by atoms with Gasteiger partial charge in [0.25, 0.3) is 5.78 Å². The maximum Gasteiger partial charge on any atom is 0.252 e. The summed E-state index contributed by atoms with van der Waals surface area (Å²) in [5, 5.41) is 2.34. The molecule has 5 nitrogen and oxygen atoms in total. The number of hydrogen-bond donors (Lipinski definition) is 0. The number of rotatable bonds is 3. The third-order valence-electron chi connectivity index (χ3n) is 2.69. The number of aromatic nitrogens is 1. The van der Waals surface area contributed by atoms with Crippen molar-refractivity contribution in [3.8, 4) is 11.5 Å². The highest BCUT2D eigenvalue weighted by Gasteiger charge is 2.23. The summed E-state index contributed by atoms with van der Waals surface area (Å²) in [4.78, 5) is 28.1. The van der Waals surface area contributed by atoms with Gasteiger partial charge in [-0.15, -0.1) is 11.3 Å². The topological polar surface area (TPSA) is 65.5 Å². The number of Topliss-reactive ketones (excluding diaryl/α,β-unsaturated/α-hetero) is 2. The van der Waals surface area contributed by atoms with E-state index in [1.54, 1.807) is 24.4 Å². The van der Waals surface area contributed by atoms with Gasteiger partial charge in [-0.2, -0.15) is 0 Å². The van der Waals surface area contributed by atoms with Crippen molar-refractivity contribution in [2.75, 3.05) is 6.79 Å². The fourth-order valence-electron chi connectivity index (χ4n) is 1.75. The Morgan fingerprint density at radius 2 is 2.00 bits per heavy atom. The summed E-state index contributed by atoms with van der Waals surface area (Å²) in [7, 11) is 0. The summed E-state index contributed by atoms with van der Waals surface area (Å²) >= 11 is 1.34. The van der Waals surface area contributed by atoms with E-state index in [0.29, 0.717) is 11.5 Å². The van der Waals surface area contributed by atoms with Gasteiger partial charge in [-0.3, -0.25) is 9.59 Å². The van der Waals surface area contributed by atoms with Crippen molar-refractivity contribution >= 4 is 22.9 Å². The Hall–Kier alpha value is -2.21. The molecular formula is C13H9NO4S. The Labute approximate surface area is 112 Å². The van der Waals surface area contributed by atoms with Crippen molar-refractivity contribution in [3.63, 3.8) is 0 Å². The first-order chi connectivity index (χ1) is 9.15. The third kappa shape index (κ3) is 2.10. The van der Waals surface area contributed by atoms with Crippen LogP contribution in [0.1, 0.15) is 25.9 Å². The summed E-state index contributed by atoms with van der Waals surface area (Å²) in [6, 6.07) is 4.68. The first-order valence-corrected chi connectivity index (χ1v) is 6.44. The Kier molecular flexibility index (Phi) is 2.79. The van der Waals surface area contributed by atoms with E-state index in [1.807, 2.05) is 0 Å². The molecule has 0 unspecified atom stereocenters. The number of aryl methyl sites for hydroxylation is 1. The summed E-state index contributed by atoms with van der Waals surface area (Å²) in [5.41, 5.74) is 0.463. The van der Waals surface area contributed by atoms with Crippen LogP contribution in [0, 0.1) is 6.92 Å². The van der Waals surface area contributed by atoms with E-state index in [9.17, 15) is 9.59 Å². The molecule has 0 aliphatic carbocycles. The maximum atomic E-state index is 12.1. The van der Waals surface area contributed by atoms with Crippen LogP contribution in [0.5, 0.6) is 11.5 Å². The molecule has 0 saturated heterocycles. The average Bonchev–Trinajstić information content (AvgIpc) is 3.04. The van der Waals surface area contributed by atoms with Crippen molar-refractivity contribution in [2.24, 2.45) is 0 Å². The fourth-order valence-corrected chi connectivity index (χ4v) is 2.35. The van der Waals surface area contributed by atoms with Gasteiger partial charge in [0, 0.05) is 10.9 Å². The van der Waals surface area contributed by atoms with Crippen LogP contribution >= 0.6 is 11.3 Å². The van der Waals surface area contributed by atoms with Crippen molar-refractivity contribution in [1.82, 2.24) is 4.98 Å². The van der Waals surface area contributed by atoms with E-state index in [2.05, 4.69) is 4.98 Å². The van der Waals surface area contributed by atoms with Crippen LogP contribution in [0.3, 0.4) is 0 Å².